The first-order valence-corrected chi connectivity index (χ1v) is 10.2. The van der Waals surface area contributed by atoms with Crippen LogP contribution in [0.15, 0.2) is 23.2 Å². The lowest BCUT2D eigenvalue weighted by Crippen LogP contribution is -2.38. The molecule has 1 atom stereocenters. The van der Waals surface area contributed by atoms with Gasteiger partial charge in [-0.3, -0.25) is 4.99 Å². The summed E-state index contributed by atoms with van der Waals surface area (Å²) in [5.41, 5.74) is 1.09. The molecule has 0 aliphatic heterocycles. The third-order valence-electron chi connectivity index (χ3n) is 4.56. The summed E-state index contributed by atoms with van der Waals surface area (Å²) in [5.74, 6) is 4.00. The Morgan fingerprint density at radius 3 is 2.37 bits per heavy atom. The lowest BCUT2D eigenvalue weighted by molar-refractivity contribution is 0.268. The Morgan fingerprint density at radius 1 is 1.13 bits per heavy atom. The van der Waals surface area contributed by atoms with Crippen LogP contribution in [-0.4, -0.2) is 41.0 Å². The van der Waals surface area contributed by atoms with Gasteiger partial charge in [0.25, 0.3) is 0 Å². The van der Waals surface area contributed by atoms with Crippen molar-refractivity contribution in [1.29, 1.82) is 0 Å². The van der Waals surface area contributed by atoms with Crippen LogP contribution in [0.1, 0.15) is 56.9 Å². The smallest absolute Gasteiger partial charge is 0.191 e. The largest absolute Gasteiger partial charge is 0.490 e. The van der Waals surface area contributed by atoms with Crippen molar-refractivity contribution in [3.8, 4) is 11.5 Å². The van der Waals surface area contributed by atoms with E-state index in [4.69, 9.17) is 9.47 Å². The molecule has 8 nitrogen and oxygen atoms in total. The highest BCUT2D eigenvalue weighted by atomic mass is 127. The highest BCUT2D eigenvalue weighted by Crippen LogP contribution is 2.31. The number of aliphatic imine (C=N–C) groups is 1. The second-order valence-corrected chi connectivity index (χ2v) is 6.92. The summed E-state index contributed by atoms with van der Waals surface area (Å²) < 4.78 is 13.7. The van der Waals surface area contributed by atoms with Gasteiger partial charge in [-0.1, -0.05) is 19.9 Å². The molecule has 168 valence electrons. The summed E-state index contributed by atoms with van der Waals surface area (Å²) in [6.45, 7) is 10.1. The molecule has 2 N–H and O–H groups in total. The molecule has 1 aromatic carbocycles. The Balaban J connectivity index is 0.00000450. The van der Waals surface area contributed by atoms with Gasteiger partial charge in [-0.25, -0.2) is 0 Å². The van der Waals surface area contributed by atoms with E-state index >= 15 is 0 Å². The normalized spacial score (nSPS) is 12.1. The molecule has 1 aromatic heterocycles. The minimum absolute atomic E-state index is 0. The van der Waals surface area contributed by atoms with E-state index in [2.05, 4.69) is 52.7 Å². The summed E-state index contributed by atoms with van der Waals surface area (Å²) in [4.78, 5) is 4.32. The quantitative estimate of drug-likeness (QED) is 0.277. The van der Waals surface area contributed by atoms with E-state index in [1.165, 1.54) is 0 Å². The third-order valence-corrected chi connectivity index (χ3v) is 4.56. The second-order valence-electron chi connectivity index (χ2n) is 6.92. The van der Waals surface area contributed by atoms with Gasteiger partial charge in [0.05, 0.1) is 25.8 Å². The van der Waals surface area contributed by atoms with E-state index < -0.39 is 0 Å². The van der Waals surface area contributed by atoms with Gasteiger partial charge in [-0.15, -0.1) is 34.2 Å². The molecule has 2 rings (SSSR count). The number of guanidine groups is 1. The van der Waals surface area contributed by atoms with Crippen LogP contribution in [0.3, 0.4) is 0 Å². The minimum Gasteiger partial charge on any atom is -0.490 e. The SMILES string of the molecule is CCCOc1ccc(C(C)NC(=NC)NCc2nnc(C)n2C)cc1OCCC.I. The average Bonchev–Trinajstić information content (AvgIpc) is 3.05. The van der Waals surface area contributed by atoms with Crippen LogP contribution in [-0.2, 0) is 13.6 Å². The van der Waals surface area contributed by atoms with Gasteiger partial charge in [0.15, 0.2) is 23.3 Å². The van der Waals surface area contributed by atoms with Crippen LogP contribution in [0.25, 0.3) is 0 Å². The summed E-state index contributed by atoms with van der Waals surface area (Å²) in [6.07, 6.45) is 1.91. The number of ether oxygens (including phenoxy) is 2. The monoisotopic (exact) mass is 530 g/mol. The summed E-state index contributed by atoms with van der Waals surface area (Å²) in [5, 5.41) is 14.9. The van der Waals surface area contributed by atoms with Crippen molar-refractivity contribution in [3.05, 3.63) is 35.4 Å². The number of aromatic nitrogens is 3. The van der Waals surface area contributed by atoms with Crippen LogP contribution >= 0.6 is 24.0 Å². The Labute approximate surface area is 196 Å². The fourth-order valence-electron chi connectivity index (χ4n) is 2.70. The predicted molar refractivity (Wildman–Crippen MR) is 131 cm³/mol. The van der Waals surface area contributed by atoms with E-state index in [-0.39, 0.29) is 30.0 Å². The first-order valence-electron chi connectivity index (χ1n) is 10.2. The van der Waals surface area contributed by atoms with Crippen LogP contribution in [0.4, 0.5) is 0 Å². The average molecular weight is 530 g/mol. The molecule has 0 aliphatic carbocycles. The zero-order valence-electron chi connectivity index (χ0n) is 18.9. The van der Waals surface area contributed by atoms with Crippen molar-refractivity contribution in [2.45, 2.75) is 53.1 Å². The molecule has 0 aliphatic rings. The number of nitrogens with one attached hydrogen (secondary N) is 2. The lowest BCUT2D eigenvalue weighted by Gasteiger charge is -2.20. The molecule has 30 heavy (non-hydrogen) atoms. The topological polar surface area (TPSA) is 85.6 Å². The maximum absolute atomic E-state index is 5.91. The highest BCUT2D eigenvalue weighted by molar-refractivity contribution is 14.0. The number of rotatable bonds is 10. The van der Waals surface area contributed by atoms with E-state index in [1.807, 2.05) is 30.7 Å². The lowest BCUT2D eigenvalue weighted by atomic mass is 10.1. The van der Waals surface area contributed by atoms with Crippen molar-refractivity contribution in [2.24, 2.45) is 12.0 Å². The molecule has 1 unspecified atom stereocenters. The van der Waals surface area contributed by atoms with Gasteiger partial charge in [0, 0.05) is 14.1 Å². The van der Waals surface area contributed by atoms with Gasteiger partial charge in [-0.2, -0.15) is 0 Å². The molecule has 0 amide bonds. The Morgan fingerprint density at radius 2 is 1.80 bits per heavy atom. The Bertz CT molecular complexity index is 809. The first-order chi connectivity index (χ1) is 14.0. The zero-order chi connectivity index (χ0) is 21.2. The van der Waals surface area contributed by atoms with Crippen LogP contribution in [0, 0.1) is 6.92 Å². The van der Waals surface area contributed by atoms with Crippen LogP contribution in [0.2, 0.25) is 0 Å². The first kappa shape index (κ1) is 26.0. The van der Waals surface area contributed by atoms with Crippen molar-refractivity contribution >= 4 is 29.9 Å². The molecule has 0 saturated heterocycles. The third kappa shape index (κ3) is 7.33. The number of halogens is 1. The molecule has 1 heterocycles. The van der Waals surface area contributed by atoms with Crippen molar-refractivity contribution in [1.82, 2.24) is 25.4 Å². The number of hydrogen-bond acceptors (Lipinski definition) is 5. The van der Waals surface area contributed by atoms with Crippen LogP contribution in [0.5, 0.6) is 11.5 Å². The van der Waals surface area contributed by atoms with Crippen molar-refractivity contribution < 1.29 is 9.47 Å². The van der Waals surface area contributed by atoms with Gasteiger partial charge >= 0.3 is 0 Å². The maximum Gasteiger partial charge on any atom is 0.191 e. The fourth-order valence-corrected chi connectivity index (χ4v) is 2.70. The molecular formula is C21H35IN6O2. The second kappa shape index (κ2) is 13.3. The molecular weight excluding hydrogens is 495 g/mol. The van der Waals surface area contributed by atoms with Crippen LogP contribution < -0.4 is 20.1 Å². The zero-order valence-corrected chi connectivity index (χ0v) is 21.2. The van der Waals surface area contributed by atoms with Gasteiger partial charge in [0.2, 0.25) is 0 Å². The molecule has 0 bridgehead atoms. The summed E-state index contributed by atoms with van der Waals surface area (Å²) >= 11 is 0. The fraction of sp³-hybridized carbons (Fsp3) is 0.571. The Hall–Kier alpha value is -2.04. The van der Waals surface area contributed by atoms with Crippen molar-refractivity contribution in [3.63, 3.8) is 0 Å². The summed E-state index contributed by atoms with van der Waals surface area (Å²) in [6, 6.07) is 6.11. The minimum atomic E-state index is 0. The van der Waals surface area contributed by atoms with E-state index in [0.29, 0.717) is 25.7 Å². The maximum atomic E-state index is 5.91. The highest BCUT2D eigenvalue weighted by Gasteiger charge is 2.13. The van der Waals surface area contributed by atoms with Gasteiger partial charge in [-0.05, 0) is 44.4 Å². The summed E-state index contributed by atoms with van der Waals surface area (Å²) in [7, 11) is 3.70. The molecule has 0 radical (unpaired) electrons. The van der Waals surface area contributed by atoms with Crippen molar-refractivity contribution in [2.75, 3.05) is 20.3 Å². The molecule has 0 saturated carbocycles. The molecule has 9 heteroatoms. The molecule has 0 fully saturated rings. The molecule has 0 spiro atoms. The standard InChI is InChI=1S/C21H34N6O2.HI/c1-7-11-28-18-10-9-17(13-19(18)29-12-8-2)15(3)24-21(22-5)23-14-20-26-25-16(4)27(20)6;/h9-10,13,15H,7-8,11-12,14H2,1-6H3,(H2,22,23,24);1H. The number of nitrogens with zero attached hydrogens (tertiary/aromatic N) is 4. The Kier molecular flexibility index (Phi) is 11.5. The van der Waals surface area contributed by atoms with E-state index in [0.717, 1.165) is 41.6 Å². The van der Waals surface area contributed by atoms with Gasteiger partial charge < -0.3 is 24.7 Å². The number of hydrogen-bond donors (Lipinski definition) is 2. The predicted octanol–water partition coefficient (Wildman–Crippen LogP) is 3.75. The number of aryl methyl sites for hydroxylation is 1. The molecule has 2 aromatic rings. The van der Waals surface area contributed by atoms with E-state index in [9.17, 15) is 0 Å². The van der Waals surface area contributed by atoms with Gasteiger partial charge in [0.1, 0.15) is 5.82 Å². The number of benzene rings is 1. The van der Waals surface area contributed by atoms with E-state index in [1.54, 1.807) is 7.05 Å².